The summed E-state index contributed by atoms with van der Waals surface area (Å²) in [4.78, 5) is 0. The summed E-state index contributed by atoms with van der Waals surface area (Å²) in [6.07, 6.45) is 0.626. The lowest BCUT2D eigenvalue weighted by Crippen LogP contribution is -2.39. The fourth-order valence-corrected chi connectivity index (χ4v) is 1.39. The van der Waals surface area contributed by atoms with Gasteiger partial charge in [0.25, 0.3) is 5.92 Å². The van der Waals surface area contributed by atoms with Gasteiger partial charge in [-0.25, -0.2) is 0 Å². The number of aliphatic hydroxyl groups is 1. The zero-order valence-corrected chi connectivity index (χ0v) is 9.29. The molecular weight excluding hydrogens is 212 g/mol. The Kier molecular flexibility index (Phi) is 4.83. The van der Waals surface area contributed by atoms with Crippen molar-refractivity contribution >= 4 is 0 Å². The van der Waals surface area contributed by atoms with Crippen molar-refractivity contribution in [2.24, 2.45) is 0 Å². The van der Waals surface area contributed by atoms with Gasteiger partial charge in [-0.1, -0.05) is 37.3 Å². The molecule has 0 fully saturated rings. The van der Waals surface area contributed by atoms with Crippen LogP contribution in [-0.4, -0.2) is 24.3 Å². The standard InChI is InChI=1S/C12H17F2NO/c1-2-11(8-16)15-9-12(13,14)10-6-4-3-5-7-10/h3-7,11,15-16H,2,8-9H2,1H3. The van der Waals surface area contributed by atoms with Crippen LogP contribution in [0.4, 0.5) is 8.78 Å². The lowest BCUT2D eigenvalue weighted by molar-refractivity contribution is -0.00749. The van der Waals surface area contributed by atoms with E-state index in [9.17, 15) is 8.78 Å². The third kappa shape index (κ3) is 3.54. The Labute approximate surface area is 94.3 Å². The summed E-state index contributed by atoms with van der Waals surface area (Å²) in [7, 11) is 0. The van der Waals surface area contributed by atoms with Gasteiger partial charge < -0.3 is 10.4 Å². The molecule has 1 aromatic carbocycles. The van der Waals surface area contributed by atoms with E-state index in [1.807, 2.05) is 6.92 Å². The summed E-state index contributed by atoms with van der Waals surface area (Å²) in [5, 5.41) is 11.5. The average molecular weight is 229 g/mol. The Balaban J connectivity index is 2.58. The van der Waals surface area contributed by atoms with Crippen LogP contribution in [0.3, 0.4) is 0 Å². The molecule has 0 heterocycles. The molecule has 2 N–H and O–H groups in total. The second-order valence-corrected chi connectivity index (χ2v) is 3.74. The monoisotopic (exact) mass is 229 g/mol. The van der Waals surface area contributed by atoms with Crippen LogP contribution >= 0.6 is 0 Å². The van der Waals surface area contributed by atoms with E-state index in [-0.39, 0.29) is 18.2 Å². The molecule has 0 saturated carbocycles. The molecule has 1 atom stereocenters. The lowest BCUT2D eigenvalue weighted by atomic mass is 10.1. The van der Waals surface area contributed by atoms with Gasteiger partial charge in [-0.15, -0.1) is 0 Å². The summed E-state index contributed by atoms with van der Waals surface area (Å²) in [6.45, 7) is 1.27. The molecule has 4 heteroatoms. The number of hydrogen-bond acceptors (Lipinski definition) is 2. The average Bonchev–Trinajstić information content (AvgIpc) is 2.31. The topological polar surface area (TPSA) is 32.3 Å². The summed E-state index contributed by atoms with van der Waals surface area (Å²) in [5.41, 5.74) is -0.00436. The van der Waals surface area contributed by atoms with E-state index in [4.69, 9.17) is 5.11 Å². The van der Waals surface area contributed by atoms with Gasteiger partial charge >= 0.3 is 0 Å². The molecule has 16 heavy (non-hydrogen) atoms. The Morgan fingerprint density at radius 3 is 2.44 bits per heavy atom. The number of benzene rings is 1. The highest BCUT2D eigenvalue weighted by Crippen LogP contribution is 2.26. The smallest absolute Gasteiger partial charge is 0.285 e. The third-order valence-electron chi connectivity index (χ3n) is 2.52. The van der Waals surface area contributed by atoms with Gasteiger partial charge in [0.1, 0.15) is 0 Å². The Hall–Kier alpha value is -1.00. The molecule has 1 rings (SSSR count). The van der Waals surface area contributed by atoms with E-state index in [2.05, 4.69) is 5.32 Å². The number of hydrogen-bond donors (Lipinski definition) is 2. The fraction of sp³-hybridized carbons (Fsp3) is 0.500. The predicted molar refractivity (Wildman–Crippen MR) is 59.5 cm³/mol. The molecular formula is C12H17F2NO. The summed E-state index contributed by atoms with van der Waals surface area (Å²) >= 11 is 0. The molecule has 90 valence electrons. The van der Waals surface area contributed by atoms with Crippen molar-refractivity contribution in [3.05, 3.63) is 35.9 Å². The highest BCUT2D eigenvalue weighted by molar-refractivity contribution is 5.20. The minimum absolute atomic E-state index is 0.00436. The third-order valence-corrected chi connectivity index (χ3v) is 2.52. The first-order valence-electron chi connectivity index (χ1n) is 5.37. The zero-order valence-electron chi connectivity index (χ0n) is 9.29. The lowest BCUT2D eigenvalue weighted by Gasteiger charge is -2.21. The molecule has 0 saturated heterocycles. The number of rotatable bonds is 6. The van der Waals surface area contributed by atoms with E-state index >= 15 is 0 Å². The Morgan fingerprint density at radius 2 is 1.94 bits per heavy atom. The minimum Gasteiger partial charge on any atom is -0.395 e. The van der Waals surface area contributed by atoms with Gasteiger partial charge in [-0.3, -0.25) is 0 Å². The molecule has 0 amide bonds. The Morgan fingerprint density at radius 1 is 1.31 bits per heavy atom. The maximum atomic E-state index is 13.6. The molecule has 0 bridgehead atoms. The van der Waals surface area contributed by atoms with Crippen LogP contribution in [0.15, 0.2) is 30.3 Å². The molecule has 1 unspecified atom stereocenters. The van der Waals surface area contributed by atoms with Crippen molar-refractivity contribution in [1.82, 2.24) is 5.32 Å². The summed E-state index contributed by atoms with van der Waals surface area (Å²) in [5.74, 6) is -2.90. The van der Waals surface area contributed by atoms with E-state index in [1.54, 1.807) is 18.2 Å². The maximum Gasteiger partial charge on any atom is 0.285 e. The van der Waals surface area contributed by atoms with Gasteiger partial charge in [-0.2, -0.15) is 8.78 Å². The van der Waals surface area contributed by atoms with Gasteiger partial charge in [0.05, 0.1) is 13.2 Å². The molecule has 0 spiro atoms. The van der Waals surface area contributed by atoms with Crippen LogP contribution in [0.2, 0.25) is 0 Å². The van der Waals surface area contributed by atoms with Crippen molar-refractivity contribution in [2.45, 2.75) is 25.3 Å². The molecule has 0 aliphatic rings. The number of halogens is 2. The molecule has 0 aliphatic carbocycles. The molecule has 2 nitrogen and oxygen atoms in total. The highest BCUT2D eigenvalue weighted by Gasteiger charge is 2.31. The van der Waals surface area contributed by atoms with Crippen LogP contribution in [0.5, 0.6) is 0 Å². The van der Waals surface area contributed by atoms with Crippen molar-refractivity contribution in [2.75, 3.05) is 13.2 Å². The number of nitrogens with one attached hydrogen (secondary N) is 1. The normalized spacial score (nSPS) is 13.8. The van der Waals surface area contributed by atoms with Crippen molar-refractivity contribution < 1.29 is 13.9 Å². The molecule has 1 aromatic rings. The first kappa shape index (κ1) is 13.1. The number of alkyl halides is 2. The SMILES string of the molecule is CCC(CO)NCC(F)(F)c1ccccc1. The summed E-state index contributed by atoms with van der Waals surface area (Å²) in [6, 6.07) is 7.42. The van der Waals surface area contributed by atoms with Crippen molar-refractivity contribution in [1.29, 1.82) is 0 Å². The van der Waals surface area contributed by atoms with E-state index in [0.717, 1.165) is 0 Å². The van der Waals surface area contributed by atoms with Gasteiger partial charge in [0.2, 0.25) is 0 Å². The van der Waals surface area contributed by atoms with Crippen molar-refractivity contribution in [3.63, 3.8) is 0 Å². The quantitative estimate of drug-likeness (QED) is 0.783. The van der Waals surface area contributed by atoms with Crippen LogP contribution < -0.4 is 5.32 Å². The van der Waals surface area contributed by atoms with Crippen LogP contribution in [0.1, 0.15) is 18.9 Å². The highest BCUT2D eigenvalue weighted by atomic mass is 19.3. The minimum atomic E-state index is -2.90. The van der Waals surface area contributed by atoms with Crippen molar-refractivity contribution in [3.8, 4) is 0 Å². The van der Waals surface area contributed by atoms with Gasteiger partial charge in [-0.05, 0) is 6.42 Å². The maximum absolute atomic E-state index is 13.6. The zero-order chi connectivity index (χ0) is 12.0. The van der Waals surface area contributed by atoms with Gasteiger partial charge in [0, 0.05) is 11.6 Å². The second-order valence-electron chi connectivity index (χ2n) is 3.74. The van der Waals surface area contributed by atoms with E-state index in [0.29, 0.717) is 6.42 Å². The molecule has 0 radical (unpaired) electrons. The van der Waals surface area contributed by atoms with Crippen LogP contribution in [0.25, 0.3) is 0 Å². The van der Waals surface area contributed by atoms with E-state index < -0.39 is 12.5 Å². The predicted octanol–water partition coefficient (Wildman–Crippen LogP) is 2.14. The van der Waals surface area contributed by atoms with Crippen LogP contribution in [-0.2, 0) is 5.92 Å². The largest absolute Gasteiger partial charge is 0.395 e. The number of aliphatic hydroxyl groups excluding tert-OH is 1. The second kappa shape index (κ2) is 5.92. The molecule has 0 aromatic heterocycles. The van der Waals surface area contributed by atoms with Crippen LogP contribution in [0, 0.1) is 0 Å². The molecule has 0 aliphatic heterocycles. The Bertz CT molecular complexity index is 299. The summed E-state index contributed by atoms with van der Waals surface area (Å²) < 4.78 is 27.3. The fourth-order valence-electron chi connectivity index (χ4n) is 1.39. The first-order chi connectivity index (χ1) is 7.60. The van der Waals surface area contributed by atoms with Gasteiger partial charge in [0.15, 0.2) is 0 Å². The first-order valence-corrected chi connectivity index (χ1v) is 5.37. The van der Waals surface area contributed by atoms with E-state index in [1.165, 1.54) is 12.1 Å².